The molecule has 2 N–H and O–H groups in total. The van der Waals surface area contributed by atoms with Gasteiger partial charge in [-0.1, -0.05) is 0 Å². The number of nitrogens with one attached hydrogen (secondary N) is 2. The fourth-order valence-corrected chi connectivity index (χ4v) is 2.44. The van der Waals surface area contributed by atoms with Gasteiger partial charge in [0.1, 0.15) is 6.10 Å². The summed E-state index contributed by atoms with van der Waals surface area (Å²) >= 11 is 0. The van der Waals surface area contributed by atoms with Crippen LogP contribution in [0.1, 0.15) is 18.4 Å². The highest BCUT2D eigenvalue weighted by Crippen LogP contribution is 2.37. The average molecular weight is 276 g/mol. The Bertz CT molecular complexity index is 565. The van der Waals surface area contributed by atoms with Crippen molar-refractivity contribution in [3.05, 3.63) is 17.7 Å². The number of carbonyl (C=O) groups excluding carboxylic acids is 2. The van der Waals surface area contributed by atoms with Crippen molar-refractivity contribution in [1.82, 2.24) is 0 Å². The normalized spacial score (nSPS) is 20.9. The maximum atomic E-state index is 12.1. The highest BCUT2D eigenvalue weighted by molar-refractivity contribution is 6.01. The minimum atomic E-state index is -0.399. The van der Waals surface area contributed by atoms with Gasteiger partial charge in [0.25, 0.3) is 11.8 Å². The molecule has 1 unspecified atom stereocenters. The van der Waals surface area contributed by atoms with Crippen LogP contribution in [0, 0.1) is 6.92 Å². The quantitative estimate of drug-likeness (QED) is 0.857. The first-order valence-electron chi connectivity index (χ1n) is 6.63. The summed E-state index contributed by atoms with van der Waals surface area (Å²) in [6, 6.07) is 3.64. The number of hydrogen-bond donors (Lipinski definition) is 2. The van der Waals surface area contributed by atoms with Gasteiger partial charge in [-0.15, -0.1) is 0 Å². The zero-order chi connectivity index (χ0) is 14.1. The predicted octanol–water partition coefficient (Wildman–Crippen LogP) is 1.44. The molecule has 6 heteroatoms. The molecule has 0 radical (unpaired) electrons. The molecule has 1 aromatic rings. The van der Waals surface area contributed by atoms with Crippen molar-refractivity contribution < 1.29 is 19.1 Å². The number of aryl methyl sites for hydroxylation is 1. The van der Waals surface area contributed by atoms with E-state index in [9.17, 15) is 9.59 Å². The predicted molar refractivity (Wildman–Crippen MR) is 72.9 cm³/mol. The molecular formula is C14H16N2O4. The van der Waals surface area contributed by atoms with E-state index in [1.54, 1.807) is 0 Å². The van der Waals surface area contributed by atoms with Crippen LogP contribution < -0.4 is 15.4 Å². The van der Waals surface area contributed by atoms with Gasteiger partial charge < -0.3 is 20.1 Å². The highest BCUT2D eigenvalue weighted by Gasteiger charge is 2.26. The molecule has 1 aromatic carbocycles. The number of rotatable bonds is 2. The van der Waals surface area contributed by atoms with Crippen molar-refractivity contribution in [1.29, 1.82) is 0 Å². The Labute approximate surface area is 116 Å². The zero-order valence-electron chi connectivity index (χ0n) is 11.2. The van der Waals surface area contributed by atoms with Crippen molar-refractivity contribution in [3.8, 4) is 5.75 Å². The van der Waals surface area contributed by atoms with Crippen LogP contribution in [0.2, 0.25) is 0 Å². The summed E-state index contributed by atoms with van der Waals surface area (Å²) in [6.07, 6.45) is 1.23. The maximum absolute atomic E-state index is 12.1. The molecule has 1 atom stereocenters. The molecule has 1 fully saturated rings. The van der Waals surface area contributed by atoms with Crippen molar-refractivity contribution in [2.75, 3.05) is 23.8 Å². The van der Waals surface area contributed by atoms with Crippen molar-refractivity contribution in [3.63, 3.8) is 0 Å². The third kappa shape index (κ3) is 2.46. The van der Waals surface area contributed by atoms with E-state index < -0.39 is 6.10 Å². The van der Waals surface area contributed by atoms with Crippen LogP contribution >= 0.6 is 0 Å². The van der Waals surface area contributed by atoms with Gasteiger partial charge in [0.05, 0.1) is 11.4 Å². The van der Waals surface area contributed by atoms with Crippen LogP contribution in [0.4, 0.5) is 11.4 Å². The maximum Gasteiger partial charge on any atom is 0.262 e. The second-order valence-electron chi connectivity index (χ2n) is 5.02. The lowest BCUT2D eigenvalue weighted by Crippen LogP contribution is -2.29. The van der Waals surface area contributed by atoms with Crippen molar-refractivity contribution in [2.45, 2.75) is 25.9 Å². The van der Waals surface area contributed by atoms with E-state index in [0.29, 0.717) is 23.7 Å². The number of anilines is 2. The van der Waals surface area contributed by atoms with E-state index in [4.69, 9.17) is 9.47 Å². The minimum absolute atomic E-state index is 0.0428. The molecule has 2 aliphatic heterocycles. The number of hydrogen-bond acceptors (Lipinski definition) is 4. The van der Waals surface area contributed by atoms with E-state index in [1.807, 2.05) is 19.1 Å². The minimum Gasteiger partial charge on any atom is -0.479 e. The lowest BCUT2D eigenvalue weighted by molar-refractivity contribution is -0.124. The topological polar surface area (TPSA) is 76.7 Å². The molecule has 0 aliphatic carbocycles. The lowest BCUT2D eigenvalue weighted by Gasteiger charge is -2.22. The molecule has 0 bridgehead atoms. The second-order valence-corrected chi connectivity index (χ2v) is 5.02. The molecule has 0 saturated carbocycles. The standard InChI is InChI=1S/C14H16N2O4/c1-8-5-9-13(20-7-12(17)15-9)10(6-8)16-14(18)11-3-2-4-19-11/h5-6,11H,2-4,7H2,1H3,(H,15,17)(H,16,18). The van der Waals surface area contributed by atoms with E-state index >= 15 is 0 Å². The number of carbonyl (C=O) groups is 2. The van der Waals surface area contributed by atoms with E-state index in [1.165, 1.54) is 0 Å². The molecular weight excluding hydrogens is 260 g/mol. The van der Waals surface area contributed by atoms with E-state index in [2.05, 4.69) is 10.6 Å². The van der Waals surface area contributed by atoms with Crippen molar-refractivity contribution >= 4 is 23.2 Å². The highest BCUT2D eigenvalue weighted by atomic mass is 16.5. The fraction of sp³-hybridized carbons (Fsp3) is 0.429. The van der Waals surface area contributed by atoms with Gasteiger partial charge in [-0.3, -0.25) is 9.59 Å². The Morgan fingerprint density at radius 3 is 3.05 bits per heavy atom. The second kappa shape index (κ2) is 5.13. The third-order valence-corrected chi connectivity index (χ3v) is 3.33. The van der Waals surface area contributed by atoms with Gasteiger partial charge >= 0.3 is 0 Å². The number of fused-ring (bicyclic) bond motifs is 1. The molecule has 2 heterocycles. The van der Waals surface area contributed by atoms with Gasteiger partial charge in [-0.05, 0) is 37.5 Å². The Morgan fingerprint density at radius 2 is 2.30 bits per heavy atom. The molecule has 20 heavy (non-hydrogen) atoms. The summed E-state index contributed by atoms with van der Waals surface area (Å²) in [4.78, 5) is 23.4. The summed E-state index contributed by atoms with van der Waals surface area (Å²) in [7, 11) is 0. The van der Waals surface area contributed by atoms with Crippen LogP contribution in [0.5, 0.6) is 5.75 Å². The number of amides is 2. The monoisotopic (exact) mass is 276 g/mol. The molecule has 106 valence electrons. The van der Waals surface area contributed by atoms with Gasteiger partial charge in [0.15, 0.2) is 12.4 Å². The lowest BCUT2D eigenvalue weighted by atomic mass is 10.1. The van der Waals surface area contributed by atoms with Crippen LogP contribution in [0.3, 0.4) is 0 Å². The van der Waals surface area contributed by atoms with Gasteiger partial charge in [0.2, 0.25) is 0 Å². The Kier molecular flexibility index (Phi) is 3.31. The first kappa shape index (κ1) is 12.9. The molecule has 3 rings (SSSR count). The van der Waals surface area contributed by atoms with Crippen LogP contribution in [-0.4, -0.2) is 31.1 Å². The summed E-state index contributed by atoms with van der Waals surface area (Å²) in [5.41, 5.74) is 2.08. The van der Waals surface area contributed by atoms with Crippen LogP contribution in [-0.2, 0) is 14.3 Å². The molecule has 6 nitrogen and oxygen atoms in total. The first-order chi connectivity index (χ1) is 9.63. The average Bonchev–Trinajstić information content (AvgIpc) is 2.91. The van der Waals surface area contributed by atoms with E-state index in [-0.39, 0.29) is 18.4 Å². The molecule has 0 spiro atoms. The van der Waals surface area contributed by atoms with Gasteiger partial charge in [-0.2, -0.15) is 0 Å². The van der Waals surface area contributed by atoms with Crippen molar-refractivity contribution in [2.24, 2.45) is 0 Å². The number of benzene rings is 1. The Morgan fingerprint density at radius 1 is 1.45 bits per heavy atom. The van der Waals surface area contributed by atoms with Crippen LogP contribution in [0.25, 0.3) is 0 Å². The van der Waals surface area contributed by atoms with Gasteiger partial charge in [0, 0.05) is 6.61 Å². The summed E-state index contributed by atoms with van der Waals surface area (Å²) < 4.78 is 10.8. The Balaban J connectivity index is 1.85. The molecule has 1 saturated heterocycles. The fourth-order valence-electron chi connectivity index (χ4n) is 2.44. The first-order valence-corrected chi connectivity index (χ1v) is 6.63. The third-order valence-electron chi connectivity index (χ3n) is 3.33. The Hall–Kier alpha value is -2.08. The SMILES string of the molecule is Cc1cc2c(c(NC(=O)C3CCCO3)c1)OCC(=O)N2. The summed E-state index contributed by atoms with van der Waals surface area (Å²) in [5.74, 6) is 0.136. The zero-order valence-corrected chi connectivity index (χ0v) is 11.2. The van der Waals surface area contributed by atoms with E-state index in [0.717, 1.165) is 18.4 Å². The largest absolute Gasteiger partial charge is 0.479 e. The summed E-state index contributed by atoms with van der Waals surface area (Å²) in [5, 5.41) is 5.56. The molecule has 2 aliphatic rings. The van der Waals surface area contributed by atoms with Gasteiger partial charge in [-0.25, -0.2) is 0 Å². The molecule has 0 aromatic heterocycles. The smallest absolute Gasteiger partial charge is 0.262 e. The van der Waals surface area contributed by atoms with Crippen LogP contribution in [0.15, 0.2) is 12.1 Å². The number of ether oxygens (including phenoxy) is 2. The molecule has 2 amide bonds. The summed E-state index contributed by atoms with van der Waals surface area (Å²) in [6.45, 7) is 2.47.